The predicted octanol–water partition coefficient (Wildman–Crippen LogP) is 0.536. The van der Waals surface area contributed by atoms with Crippen LogP contribution < -0.4 is 21.9 Å². The maximum Gasteiger partial charge on any atom is 0.362 e. The van der Waals surface area contributed by atoms with Crippen LogP contribution in [0.25, 0.3) is 0 Å². The van der Waals surface area contributed by atoms with Gasteiger partial charge in [0.25, 0.3) is 0 Å². The van der Waals surface area contributed by atoms with E-state index in [1.807, 2.05) is 6.07 Å². The van der Waals surface area contributed by atoms with Crippen molar-refractivity contribution < 1.29 is 65.7 Å². The maximum atomic E-state index is 14.5. The van der Waals surface area contributed by atoms with Crippen LogP contribution in [-0.4, -0.2) is 111 Å². The van der Waals surface area contributed by atoms with Gasteiger partial charge in [-0.2, -0.15) is 0 Å². The third kappa shape index (κ3) is 4.34. The molecule has 0 radical (unpaired) electrons. The summed E-state index contributed by atoms with van der Waals surface area (Å²) < 4.78 is 11.9. The second-order valence-corrected chi connectivity index (χ2v) is 20.6. The van der Waals surface area contributed by atoms with Crippen molar-refractivity contribution in [3.63, 3.8) is 0 Å². The molecule has 11 aliphatic rings. The Labute approximate surface area is 345 Å². The molecule has 0 aromatic heterocycles. The lowest BCUT2D eigenvalue weighted by Crippen LogP contribution is -3.00. The number of likely N-dealkylation sites (N-methyl/N-ethyl adjacent to an activating group) is 1. The fraction of sp³-hybridized carbons (Fsp3) is 0.756. The number of para-hydroxylation sites is 1. The van der Waals surface area contributed by atoms with Crippen molar-refractivity contribution in [3.05, 3.63) is 41.5 Å². The Kier molecular flexibility index (Phi) is 8.43. The summed E-state index contributed by atoms with van der Waals surface area (Å²) >= 11 is 0. The number of piperidine rings is 4. The molecule has 1 aromatic carbocycles. The highest BCUT2D eigenvalue weighted by Crippen LogP contribution is 2.73. The number of aliphatic hydroxyl groups is 4. The van der Waals surface area contributed by atoms with Crippen molar-refractivity contribution in [2.45, 2.75) is 144 Å². The standard InChI is InChI=1S/C45H59N2O9.BrH/c1-4-26-27-18-33-38-44(31-7-5-6-8-32(31)46(38)3)20-34(37(27)39(44)51)47(33,40(26)52)21-36(50)56-25-9-14-42(23-48)29-10-13-41(2)28(24-17-35(49)55-22-24)12-16-45(41,54)30(29)11-15-43(42,53)19-25;/h5-8,17,23,25-30,33-34,37-40,51-54H,4,9-16,18-22H2,1-3H3;1H/q+1;/p-1. The number of nitrogens with zero attached hydrogens (tertiary/aromatic N) is 2. The quantitative estimate of drug-likeness (QED) is 0.181. The van der Waals surface area contributed by atoms with E-state index in [0.717, 1.165) is 43.2 Å². The van der Waals surface area contributed by atoms with Gasteiger partial charge in [0.15, 0.2) is 12.8 Å². The number of quaternary nitrogens is 1. The van der Waals surface area contributed by atoms with Crippen molar-refractivity contribution in [2.24, 2.45) is 46.3 Å². The topological polar surface area (TPSA) is 154 Å². The lowest BCUT2D eigenvalue weighted by molar-refractivity contribution is -1.03. The minimum atomic E-state index is -1.37. The van der Waals surface area contributed by atoms with Gasteiger partial charge >= 0.3 is 11.9 Å². The minimum Gasteiger partial charge on any atom is -1.00 e. The number of carbonyl (C=O) groups is 3. The van der Waals surface area contributed by atoms with Crippen molar-refractivity contribution in [1.82, 2.24) is 0 Å². The molecule has 6 heterocycles. The van der Waals surface area contributed by atoms with E-state index in [2.05, 4.69) is 44.0 Å². The van der Waals surface area contributed by atoms with Gasteiger partial charge in [0.1, 0.15) is 25.0 Å². The number of cyclic esters (lactones) is 1. The zero-order chi connectivity index (χ0) is 38.9. The van der Waals surface area contributed by atoms with Crippen LogP contribution in [0.5, 0.6) is 0 Å². The third-order valence-electron chi connectivity index (χ3n) is 19.6. The van der Waals surface area contributed by atoms with Crippen LogP contribution in [0.15, 0.2) is 35.9 Å². The molecular formula is C45H59BrN2O9. The first kappa shape index (κ1) is 38.8. The van der Waals surface area contributed by atoms with Crippen molar-refractivity contribution in [1.29, 1.82) is 0 Å². The molecule has 11 nitrogen and oxygen atoms in total. The normalized spacial score (nSPS) is 53.1. The lowest BCUT2D eigenvalue weighted by Gasteiger charge is -2.67. The fourth-order valence-corrected chi connectivity index (χ4v) is 17.6. The Bertz CT molecular complexity index is 1950. The number of fused-ring (bicyclic) bond motifs is 7. The number of hydrogen-bond acceptors (Lipinski definition) is 10. The highest BCUT2D eigenvalue weighted by molar-refractivity contribution is 5.85. The van der Waals surface area contributed by atoms with E-state index < -0.39 is 45.9 Å². The van der Waals surface area contributed by atoms with Gasteiger partial charge < -0.3 is 56.6 Å². The van der Waals surface area contributed by atoms with E-state index in [0.29, 0.717) is 44.9 Å². The first-order valence-corrected chi connectivity index (χ1v) is 21.8. The first-order valence-electron chi connectivity index (χ1n) is 21.8. The lowest BCUT2D eigenvalue weighted by atomic mass is 9.41. The summed E-state index contributed by atoms with van der Waals surface area (Å²) in [6.45, 7) is 4.56. The summed E-state index contributed by atoms with van der Waals surface area (Å²) in [6, 6.07) is 8.28. The predicted molar refractivity (Wildman–Crippen MR) is 202 cm³/mol. The van der Waals surface area contributed by atoms with Crippen molar-refractivity contribution >= 4 is 23.9 Å². The number of ether oxygens (including phenoxy) is 2. The summed E-state index contributed by atoms with van der Waals surface area (Å²) in [7, 11) is 2.11. The molecule has 9 fully saturated rings. The molecular weight excluding hydrogens is 792 g/mol. The van der Waals surface area contributed by atoms with Gasteiger partial charge in [-0.1, -0.05) is 32.0 Å². The van der Waals surface area contributed by atoms with E-state index in [1.54, 1.807) is 6.08 Å². The second kappa shape index (κ2) is 12.4. The van der Waals surface area contributed by atoms with Crippen LogP contribution in [0.4, 0.5) is 5.69 Å². The number of aldehydes is 1. The number of rotatable bonds is 6. The van der Waals surface area contributed by atoms with E-state index in [1.165, 1.54) is 5.56 Å². The van der Waals surface area contributed by atoms with Gasteiger partial charge in [0.2, 0.25) is 0 Å². The summed E-state index contributed by atoms with van der Waals surface area (Å²) in [4.78, 5) is 42.3. The smallest absolute Gasteiger partial charge is 0.362 e. The summed E-state index contributed by atoms with van der Waals surface area (Å²) in [5.41, 5.74) is -1.04. The molecule has 0 amide bonds. The van der Waals surface area contributed by atoms with Crippen molar-refractivity contribution in [3.8, 4) is 0 Å². The third-order valence-corrected chi connectivity index (χ3v) is 19.6. The number of anilines is 1. The average molecular weight is 852 g/mol. The SMILES string of the molecule is CCC1C2CC3C4N(C)c5ccccc5C45CC(C2C5O)[N+]3(CC(=O)OC2CCC3(C=O)C4CCC5(C)C(C6=CC(=O)OC6)CCC5(O)C4CCC3(O)C2)C1O.[Br-]. The molecule has 1 spiro atoms. The average Bonchev–Trinajstić information content (AvgIpc) is 3.86. The van der Waals surface area contributed by atoms with Crippen LogP contribution in [0, 0.1) is 46.3 Å². The zero-order valence-electron chi connectivity index (χ0n) is 33.4. The molecule has 5 bridgehead atoms. The van der Waals surface area contributed by atoms with Crippen LogP contribution in [0.2, 0.25) is 0 Å². The molecule has 310 valence electrons. The molecule has 18 atom stereocenters. The molecule has 5 saturated carbocycles. The number of hydrogen-bond donors (Lipinski definition) is 4. The minimum absolute atomic E-state index is 0. The van der Waals surface area contributed by atoms with Gasteiger partial charge in [-0.3, -0.25) is 4.48 Å². The second-order valence-electron chi connectivity index (χ2n) is 20.6. The van der Waals surface area contributed by atoms with E-state index in [4.69, 9.17) is 9.47 Å². The Morgan fingerprint density at radius 2 is 1.81 bits per heavy atom. The Hall–Kier alpha value is -2.35. The Morgan fingerprint density at radius 3 is 2.54 bits per heavy atom. The van der Waals surface area contributed by atoms with E-state index in [-0.39, 0.29) is 107 Å². The van der Waals surface area contributed by atoms with Gasteiger partial charge in [-0.05, 0) is 98.7 Å². The molecule has 5 aliphatic carbocycles. The zero-order valence-corrected chi connectivity index (χ0v) is 35.0. The summed E-state index contributed by atoms with van der Waals surface area (Å²) in [6.07, 6.45) is 7.72. The fourth-order valence-electron chi connectivity index (χ4n) is 17.6. The number of carbonyl (C=O) groups excluding carboxylic acids is 3. The molecule has 18 unspecified atom stereocenters. The molecule has 4 saturated heterocycles. The van der Waals surface area contributed by atoms with Crippen LogP contribution in [0.3, 0.4) is 0 Å². The largest absolute Gasteiger partial charge is 1.00 e. The van der Waals surface area contributed by atoms with Crippen LogP contribution >= 0.6 is 0 Å². The number of halogens is 1. The summed E-state index contributed by atoms with van der Waals surface area (Å²) in [5.74, 6) is -0.852. The number of esters is 2. The highest BCUT2D eigenvalue weighted by atomic mass is 79.9. The van der Waals surface area contributed by atoms with Gasteiger partial charge in [-0.25, -0.2) is 9.59 Å². The maximum absolute atomic E-state index is 14.5. The summed E-state index contributed by atoms with van der Waals surface area (Å²) in [5, 5.41) is 50.1. The Morgan fingerprint density at radius 1 is 1.04 bits per heavy atom. The monoisotopic (exact) mass is 850 g/mol. The molecule has 4 N–H and O–H groups in total. The molecule has 1 aromatic rings. The van der Waals surface area contributed by atoms with E-state index in [9.17, 15) is 34.8 Å². The molecule has 12 rings (SSSR count). The van der Waals surface area contributed by atoms with Gasteiger partial charge in [0, 0.05) is 55.3 Å². The van der Waals surface area contributed by atoms with Crippen LogP contribution in [0.1, 0.15) is 96.5 Å². The molecule has 57 heavy (non-hydrogen) atoms. The molecule has 6 aliphatic heterocycles. The Balaban J connectivity index is 0.00000396. The van der Waals surface area contributed by atoms with Crippen LogP contribution in [-0.2, 0) is 29.3 Å². The van der Waals surface area contributed by atoms with Gasteiger partial charge in [0.05, 0.1) is 40.2 Å². The van der Waals surface area contributed by atoms with Gasteiger partial charge in [-0.15, -0.1) is 0 Å². The number of benzene rings is 1. The number of aliphatic hydroxyl groups excluding tert-OH is 2. The van der Waals surface area contributed by atoms with E-state index >= 15 is 0 Å². The van der Waals surface area contributed by atoms with Crippen molar-refractivity contribution in [2.75, 3.05) is 25.1 Å². The highest BCUT2D eigenvalue weighted by Gasteiger charge is 2.83. The molecule has 12 heteroatoms. The first-order chi connectivity index (χ1) is 26.7.